The van der Waals surface area contributed by atoms with Crippen LogP contribution in [0.25, 0.3) is 10.2 Å². The van der Waals surface area contributed by atoms with Gasteiger partial charge in [0, 0.05) is 18.5 Å². The van der Waals surface area contributed by atoms with Crippen molar-refractivity contribution < 1.29 is 9.59 Å². The van der Waals surface area contributed by atoms with Crippen LogP contribution in [0.15, 0.2) is 30.3 Å². The second kappa shape index (κ2) is 6.00. The highest BCUT2D eigenvalue weighted by atomic mass is 32.1. The molecule has 0 radical (unpaired) electrons. The van der Waals surface area contributed by atoms with Crippen molar-refractivity contribution in [1.29, 1.82) is 0 Å². The molecule has 6 nitrogen and oxygen atoms in total. The van der Waals surface area contributed by atoms with E-state index in [4.69, 9.17) is 0 Å². The summed E-state index contributed by atoms with van der Waals surface area (Å²) in [5.74, 6) is -0.359. The van der Waals surface area contributed by atoms with E-state index in [1.165, 1.54) is 11.3 Å². The summed E-state index contributed by atoms with van der Waals surface area (Å²) in [7, 11) is 1.87. The zero-order valence-corrected chi connectivity index (χ0v) is 14.8. The second-order valence-corrected chi connectivity index (χ2v) is 7.32. The third kappa shape index (κ3) is 3.02. The molecule has 2 aromatic heterocycles. The number of nitrogens with zero attached hydrogens (tertiary/aromatic N) is 2. The molecule has 25 heavy (non-hydrogen) atoms. The van der Waals surface area contributed by atoms with Crippen LogP contribution in [-0.2, 0) is 7.05 Å². The molecule has 0 saturated heterocycles. The van der Waals surface area contributed by atoms with E-state index in [1.807, 2.05) is 26.1 Å². The first-order valence-corrected chi connectivity index (χ1v) is 8.99. The molecule has 1 fully saturated rings. The monoisotopic (exact) mass is 354 g/mol. The van der Waals surface area contributed by atoms with E-state index in [0.29, 0.717) is 16.1 Å². The summed E-state index contributed by atoms with van der Waals surface area (Å²) in [6, 6.07) is 9.21. The lowest BCUT2D eigenvalue weighted by Gasteiger charge is -2.10. The molecule has 7 heteroatoms. The van der Waals surface area contributed by atoms with Crippen molar-refractivity contribution in [3.63, 3.8) is 0 Å². The molecule has 2 amide bonds. The van der Waals surface area contributed by atoms with E-state index in [-0.39, 0.29) is 17.9 Å². The molecule has 0 unspecified atom stereocenters. The molecule has 0 spiro atoms. The molecule has 2 heterocycles. The van der Waals surface area contributed by atoms with Crippen molar-refractivity contribution in [2.24, 2.45) is 7.05 Å². The van der Waals surface area contributed by atoms with Gasteiger partial charge in [-0.3, -0.25) is 14.3 Å². The summed E-state index contributed by atoms with van der Waals surface area (Å²) in [6.07, 6.45) is 2.05. The largest absolute Gasteiger partial charge is 0.349 e. The normalized spacial score (nSPS) is 13.8. The van der Waals surface area contributed by atoms with Gasteiger partial charge in [0.1, 0.15) is 4.83 Å². The predicted molar refractivity (Wildman–Crippen MR) is 98.2 cm³/mol. The molecule has 128 valence electrons. The van der Waals surface area contributed by atoms with Crippen molar-refractivity contribution in [3.05, 3.63) is 46.5 Å². The van der Waals surface area contributed by atoms with E-state index in [9.17, 15) is 9.59 Å². The zero-order valence-electron chi connectivity index (χ0n) is 14.0. The fraction of sp³-hybridized carbons (Fsp3) is 0.278. The number of rotatable bonds is 4. The van der Waals surface area contributed by atoms with Crippen molar-refractivity contribution >= 4 is 39.1 Å². The van der Waals surface area contributed by atoms with Crippen LogP contribution in [-0.4, -0.2) is 27.6 Å². The number of anilines is 1. The summed E-state index contributed by atoms with van der Waals surface area (Å²) in [4.78, 5) is 26.6. The van der Waals surface area contributed by atoms with Crippen LogP contribution in [0.4, 0.5) is 5.69 Å². The van der Waals surface area contributed by atoms with Crippen LogP contribution in [0.2, 0.25) is 0 Å². The summed E-state index contributed by atoms with van der Waals surface area (Å²) < 4.78 is 1.78. The molecule has 3 aromatic rings. The lowest BCUT2D eigenvalue weighted by molar-refractivity contribution is 0.0952. The predicted octanol–water partition coefficient (Wildman–Crippen LogP) is 3.09. The van der Waals surface area contributed by atoms with Gasteiger partial charge >= 0.3 is 0 Å². The van der Waals surface area contributed by atoms with Gasteiger partial charge in [0.2, 0.25) is 0 Å². The van der Waals surface area contributed by atoms with Crippen LogP contribution in [0.3, 0.4) is 0 Å². The number of aromatic nitrogens is 2. The summed E-state index contributed by atoms with van der Waals surface area (Å²) in [6.45, 7) is 1.92. The van der Waals surface area contributed by atoms with Crippen LogP contribution in [0.5, 0.6) is 0 Å². The van der Waals surface area contributed by atoms with Gasteiger partial charge in [-0.2, -0.15) is 5.10 Å². The number of carbonyl (C=O) groups excluding carboxylic acids is 2. The highest BCUT2D eigenvalue weighted by Crippen LogP contribution is 2.29. The number of hydrogen-bond donors (Lipinski definition) is 2. The number of thiophene rings is 1. The molecular weight excluding hydrogens is 336 g/mol. The summed E-state index contributed by atoms with van der Waals surface area (Å²) in [5, 5.41) is 11.2. The first-order valence-electron chi connectivity index (χ1n) is 8.17. The Hall–Kier alpha value is -2.67. The Balaban J connectivity index is 1.59. The Kier molecular flexibility index (Phi) is 3.80. The maximum atomic E-state index is 12.7. The van der Waals surface area contributed by atoms with Crippen molar-refractivity contribution in [2.45, 2.75) is 25.8 Å². The molecular formula is C18H18N4O2S. The fourth-order valence-corrected chi connectivity index (χ4v) is 3.80. The van der Waals surface area contributed by atoms with Crippen molar-refractivity contribution in [2.75, 3.05) is 5.32 Å². The Bertz CT molecular complexity index is 950. The first-order chi connectivity index (χ1) is 12.0. The van der Waals surface area contributed by atoms with Gasteiger partial charge in [-0.05, 0) is 38.0 Å². The number of para-hydroxylation sites is 1. The molecule has 1 aliphatic carbocycles. The Morgan fingerprint density at radius 1 is 1.24 bits per heavy atom. The number of hydrogen-bond acceptors (Lipinski definition) is 4. The number of carbonyl (C=O) groups is 2. The lowest BCUT2D eigenvalue weighted by Crippen LogP contribution is -2.26. The summed E-state index contributed by atoms with van der Waals surface area (Å²) in [5.41, 5.74) is 1.91. The van der Waals surface area contributed by atoms with E-state index in [2.05, 4.69) is 15.7 Å². The number of nitrogens with one attached hydrogen (secondary N) is 2. The molecule has 1 saturated carbocycles. The van der Waals surface area contributed by atoms with Crippen LogP contribution >= 0.6 is 11.3 Å². The van der Waals surface area contributed by atoms with Crippen LogP contribution in [0, 0.1) is 6.92 Å². The standard InChI is InChI=1S/C18H18N4O2S/c1-10-13-9-15(25-18(13)22(2)21-10)17(24)20-14-6-4-3-5-12(14)16(23)19-11-7-8-11/h3-6,9,11H,7-8H2,1-2H3,(H,19,23)(H,20,24). The van der Waals surface area contributed by atoms with Gasteiger partial charge in [-0.1, -0.05) is 12.1 Å². The zero-order chi connectivity index (χ0) is 17.6. The highest BCUT2D eigenvalue weighted by molar-refractivity contribution is 7.20. The van der Waals surface area contributed by atoms with Crippen LogP contribution < -0.4 is 10.6 Å². The fourth-order valence-electron chi connectivity index (χ4n) is 2.78. The quantitative estimate of drug-likeness (QED) is 0.756. The van der Waals surface area contributed by atoms with E-state index < -0.39 is 0 Å². The molecule has 4 rings (SSSR count). The number of fused-ring (bicyclic) bond motifs is 1. The number of benzene rings is 1. The molecule has 2 N–H and O–H groups in total. The third-order valence-corrected chi connectivity index (χ3v) is 5.45. The molecule has 1 aromatic carbocycles. The minimum atomic E-state index is -0.215. The average Bonchev–Trinajstić information content (AvgIpc) is 3.20. The topological polar surface area (TPSA) is 76.0 Å². The average molecular weight is 354 g/mol. The Morgan fingerprint density at radius 2 is 2.00 bits per heavy atom. The van der Waals surface area contributed by atoms with Crippen molar-refractivity contribution in [3.8, 4) is 0 Å². The molecule has 0 atom stereocenters. The van der Waals surface area contributed by atoms with E-state index in [0.717, 1.165) is 28.8 Å². The van der Waals surface area contributed by atoms with Gasteiger partial charge in [0.15, 0.2) is 0 Å². The van der Waals surface area contributed by atoms with Gasteiger partial charge in [0.05, 0.1) is 21.8 Å². The van der Waals surface area contributed by atoms with Gasteiger partial charge in [-0.15, -0.1) is 11.3 Å². The van der Waals surface area contributed by atoms with E-state index >= 15 is 0 Å². The lowest BCUT2D eigenvalue weighted by atomic mass is 10.1. The minimum absolute atomic E-state index is 0.144. The number of aryl methyl sites for hydroxylation is 2. The molecule has 1 aliphatic rings. The van der Waals surface area contributed by atoms with Gasteiger partial charge in [0.25, 0.3) is 11.8 Å². The van der Waals surface area contributed by atoms with Gasteiger partial charge in [-0.25, -0.2) is 0 Å². The van der Waals surface area contributed by atoms with E-state index in [1.54, 1.807) is 22.9 Å². The first kappa shape index (κ1) is 15.8. The molecule has 0 bridgehead atoms. The Labute approximate surface area is 148 Å². The second-order valence-electron chi connectivity index (χ2n) is 6.29. The smallest absolute Gasteiger partial charge is 0.265 e. The maximum Gasteiger partial charge on any atom is 0.265 e. The van der Waals surface area contributed by atoms with Gasteiger partial charge < -0.3 is 10.6 Å². The third-order valence-electron chi connectivity index (χ3n) is 4.25. The molecule has 0 aliphatic heterocycles. The van der Waals surface area contributed by atoms with Crippen molar-refractivity contribution in [1.82, 2.24) is 15.1 Å². The number of amides is 2. The summed E-state index contributed by atoms with van der Waals surface area (Å²) >= 11 is 1.39. The minimum Gasteiger partial charge on any atom is -0.349 e. The maximum absolute atomic E-state index is 12.7. The Morgan fingerprint density at radius 3 is 2.72 bits per heavy atom. The SMILES string of the molecule is Cc1nn(C)c2sc(C(=O)Nc3ccccc3C(=O)NC3CC3)cc12. The van der Waals surface area contributed by atoms with Crippen LogP contribution in [0.1, 0.15) is 38.6 Å². The highest BCUT2D eigenvalue weighted by Gasteiger charge is 2.25.